The number of likely N-dealkylation sites (tertiary alicyclic amines) is 1. The van der Waals surface area contributed by atoms with Gasteiger partial charge in [-0.2, -0.15) is 5.26 Å². The van der Waals surface area contributed by atoms with Gasteiger partial charge in [-0.25, -0.2) is 0 Å². The summed E-state index contributed by atoms with van der Waals surface area (Å²) in [6.45, 7) is 8.41. The summed E-state index contributed by atoms with van der Waals surface area (Å²) in [6.07, 6.45) is 3.31. The number of fused-ring (bicyclic) bond motifs is 2. The molecule has 1 heterocycles. The Hall–Kier alpha value is -4.03. The lowest BCUT2D eigenvalue weighted by Gasteiger charge is -2.38. The molecule has 2 amide bonds. The topological polar surface area (TPSA) is 142 Å². The summed E-state index contributed by atoms with van der Waals surface area (Å²) in [4.78, 5) is 27.3. The van der Waals surface area contributed by atoms with Crippen LogP contribution in [0.2, 0.25) is 0 Å². The van der Waals surface area contributed by atoms with Crippen LogP contribution < -0.4 is 10.6 Å². The maximum Gasteiger partial charge on any atom is 0.251 e. The molecule has 2 aromatic rings. The minimum absolute atomic E-state index is 0.00758. The lowest BCUT2D eigenvalue weighted by Crippen LogP contribution is -2.48. The van der Waals surface area contributed by atoms with Crippen LogP contribution >= 0.6 is 0 Å². The van der Waals surface area contributed by atoms with E-state index in [1.54, 1.807) is 18.0 Å². The number of nitrogens with one attached hydrogen (secondary N) is 4. The van der Waals surface area contributed by atoms with Crippen molar-refractivity contribution >= 4 is 23.6 Å². The molecule has 1 aliphatic heterocycles. The van der Waals surface area contributed by atoms with Crippen molar-refractivity contribution in [2.75, 3.05) is 20.1 Å². The Kier molecular flexibility index (Phi) is 9.47. The van der Waals surface area contributed by atoms with Crippen molar-refractivity contribution in [3.63, 3.8) is 0 Å². The average molecular weight is 571 g/mol. The zero-order valence-corrected chi connectivity index (χ0v) is 25.3. The molecule has 2 unspecified atom stereocenters. The van der Waals surface area contributed by atoms with Gasteiger partial charge in [0.05, 0.1) is 18.0 Å². The summed E-state index contributed by atoms with van der Waals surface area (Å²) >= 11 is 0. The summed E-state index contributed by atoms with van der Waals surface area (Å²) in [6, 6.07) is 13.5. The van der Waals surface area contributed by atoms with Crippen LogP contribution in [0.15, 0.2) is 36.4 Å². The Morgan fingerprint density at radius 3 is 2.43 bits per heavy atom. The number of hydrogen-bond donors (Lipinski definition) is 4. The van der Waals surface area contributed by atoms with Crippen molar-refractivity contribution in [3.05, 3.63) is 69.8 Å². The first-order chi connectivity index (χ1) is 20.0. The fourth-order valence-corrected chi connectivity index (χ4v) is 6.23. The van der Waals surface area contributed by atoms with E-state index in [0.717, 1.165) is 40.7 Å². The Bertz CT molecular complexity index is 1430. The van der Waals surface area contributed by atoms with Gasteiger partial charge in [0.1, 0.15) is 6.04 Å². The van der Waals surface area contributed by atoms with Gasteiger partial charge < -0.3 is 20.3 Å². The third-order valence-electron chi connectivity index (χ3n) is 8.50. The molecule has 42 heavy (non-hydrogen) atoms. The van der Waals surface area contributed by atoms with Crippen molar-refractivity contribution in [1.82, 2.24) is 15.5 Å². The highest BCUT2D eigenvalue weighted by Crippen LogP contribution is 2.45. The number of carbonyl (C=O) groups is 2. The first-order valence-electron chi connectivity index (χ1n) is 14.7. The standard InChI is InChI=1S/C33H42N6O3/c1-20(2)30(35)42-32(36)33(17-22(4)38-19-29(40)39-14-6-7-26(39)18-34)27-12-8-21(3)15-23(27)9-10-24-16-25(31(41)37-5)11-13-28(24)33/h8,11-13,15-16,20,22,26,35-36,38H,6-7,9-10,14,17,19H2,1-5H3,(H,37,41)/t22-,26?,33?/m1/s1. The van der Waals surface area contributed by atoms with Crippen molar-refractivity contribution in [2.24, 2.45) is 5.92 Å². The van der Waals surface area contributed by atoms with Crippen LogP contribution in [0, 0.1) is 35.0 Å². The summed E-state index contributed by atoms with van der Waals surface area (Å²) in [5.74, 6) is -0.540. The number of aryl methyl sites for hydroxylation is 3. The van der Waals surface area contributed by atoms with Gasteiger partial charge in [-0.05, 0) is 80.3 Å². The number of nitriles is 1. The van der Waals surface area contributed by atoms with Crippen LogP contribution in [-0.2, 0) is 27.8 Å². The second-order valence-electron chi connectivity index (χ2n) is 11.8. The summed E-state index contributed by atoms with van der Waals surface area (Å²) in [5.41, 5.74) is 4.42. The number of nitrogens with zero attached hydrogens (tertiary/aromatic N) is 2. The van der Waals surface area contributed by atoms with Crippen molar-refractivity contribution in [1.29, 1.82) is 16.1 Å². The maximum atomic E-state index is 13.0. The van der Waals surface area contributed by atoms with Gasteiger partial charge in [0.15, 0.2) is 5.90 Å². The normalized spacial score (nSPS) is 20.1. The van der Waals surface area contributed by atoms with E-state index in [-0.39, 0.29) is 48.2 Å². The molecule has 0 spiro atoms. The van der Waals surface area contributed by atoms with E-state index < -0.39 is 5.41 Å². The quantitative estimate of drug-likeness (QED) is 0.277. The first kappa shape index (κ1) is 30.9. The molecular weight excluding hydrogens is 528 g/mol. The maximum absolute atomic E-state index is 13.0. The van der Waals surface area contributed by atoms with E-state index in [1.807, 2.05) is 45.9 Å². The predicted octanol–water partition coefficient (Wildman–Crippen LogP) is 4.25. The molecule has 4 rings (SSSR count). The van der Waals surface area contributed by atoms with Crippen LogP contribution in [0.3, 0.4) is 0 Å². The van der Waals surface area contributed by atoms with Crippen LogP contribution in [-0.4, -0.2) is 60.7 Å². The third-order valence-corrected chi connectivity index (χ3v) is 8.50. The van der Waals surface area contributed by atoms with Gasteiger partial charge in [0, 0.05) is 31.1 Å². The van der Waals surface area contributed by atoms with Gasteiger partial charge in [0.2, 0.25) is 11.8 Å². The molecule has 2 aromatic carbocycles. The Labute approximate surface area is 248 Å². The molecule has 0 saturated carbocycles. The average Bonchev–Trinajstić information content (AvgIpc) is 3.41. The zero-order chi connectivity index (χ0) is 30.6. The third kappa shape index (κ3) is 6.09. The zero-order valence-electron chi connectivity index (χ0n) is 25.3. The molecule has 2 aliphatic rings. The Morgan fingerprint density at radius 2 is 1.79 bits per heavy atom. The second-order valence-corrected chi connectivity index (χ2v) is 11.8. The molecule has 9 heteroatoms. The van der Waals surface area contributed by atoms with Gasteiger partial charge in [-0.15, -0.1) is 0 Å². The monoisotopic (exact) mass is 570 g/mol. The Morgan fingerprint density at radius 1 is 1.12 bits per heavy atom. The second kappa shape index (κ2) is 12.9. The summed E-state index contributed by atoms with van der Waals surface area (Å²) in [5, 5.41) is 33.5. The first-order valence-corrected chi connectivity index (χ1v) is 14.7. The fourth-order valence-electron chi connectivity index (χ4n) is 6.23. The van der Waals surface area contributed by atoms with E-state index >= 15 is 0 Å². The molecule has 0 aromatic heterocycles. The van der Waals surface area contributed by atoms with Crippen LogP contribution in [0.25, 0.3) is 0 Å². The van der Waals surface area contributed by atoms with E-state index in [4.69, 9.17) is 10.1 Å². The highest BCUT2D eigenvalue weighted by Gasteiger charge is 2.46. The highest BCUT2D eigenvalue weighted by molar-refractivity contribution is 5.99. The number of amides is 2. The SMILES string of the molecule is CNC(=O)c1ccc2c(c1)CCc1cc(C)ccc1C2(C[C@@H](C)NCC(=O)N1CCCC1C#N)C(=N)OC(=N)C(C)C. The minimum atomic E-state index is -1.07. The Balaban J connectivity index is 1.80. The van der Waals surface area contributed by atoms with Gasteiger partial charge in [0.25, 0.3) is 5.91 Å². The summed E-state index contributed by atoms with van der Waals surface area (Å²) in [7, 11) is 1.60. The molecule has 0 radical (unpaired) electrons. The summed E-state index contributed by atoms with van der Waals surface area (Å²) < 4.78 is 6.04. The predicted molar refractivity (Wildman–Crippen MR) is 163 cm³/mol. The number of ether oxygens (including phenoxy) is 1. The van der Waals surface area contributed by atoms with E-state index in [1.165, 1.54) is 0 Å². The highest BCUT2D eigenvalue weighted by atomic mass is 16.5. The van der Waals surface area contributed by atoms with Crippen molar-refractivity contribution in [3.8, 4) is 6.07 Å². The number of rotatable bonds is 8. The van der Waals surface area contributed by atoms with Crippen molar-refractivity contribution in [2.45, 2.75) is 77.3 Å². The molecule has 1 aliphatic carbocycles. The van der Waals surface area contributed by atoms with Crippen LogP contribution in [0.4, 0.5) is 0 Å². The molecule has 222 valence electrons. The molecule has 3 atom stereocenters. The minimum Gasteiger partial charge on any atom is -0.428 e. The fraction of sp³-hybridized carbons (Fsp3) is 0.485. The van der Waals surface area contributed by atoms with Gasteiger partial charge in [-0.3, -0.25) is 20.4 Å². The molecule has 4 N–H and O–H groups in total. The molecule has 0 bridgehead atoms. The smallest absolute Gasteiger partial charge is 0.251 e. The van der Waals surface area contributed by atoms with Crippen LogP contribution in [0.5, 0.6) is 0 Å². The van der Waals surface area contributed by atoms with Gasteiger partial charge >= 0.3 is 0 Å². The van der Waals surface area contributed by atoms with Crippen LogP contribution in [0.1, 0.15) is 78.2 Å². The molecule has 1 fully saturated rings. The van der Waals surface area contributed by atoms with E-state index in [9.17, 15) is 20.3 Å². The molecule has 1 saturated heterocycles. The molecule has 9 nitrogen and oxygen atoms in total. The number of hydrogen-bond acceptors (Lipinski definition) is 7. The van der Waals surface area contributed by atoms with Gasteiger partial charge in [-0.1, -0.05) is 43.7 Å². The van der Waals surface area contributed by atoms with Crippen molar-refractivity contribution < 1.29 is 14.3 Å². The lowest BCUT2D eigenvalue weighted by atomic mass is 9.68. The number of carbonyl (C=O) groups excluding carboxylic acids is 2. The largest absolute Gasteiger partial charge is 0.428 e. The lowest BCUT2D eigenvalue weighted by molar-refractivity contribution is -0.130. The van der Waals surface area contributed by atoms with E-state index in [2.05, 4.69) is 28.8 Å². The number of benzene rings is 2. The van der Waals surface area contributed by atoms with E-state index in [0.29, 0.717) is 31.4 Å². The molecular formula is C33H42N6O3.